The lowest BCUT2D eigenvalue weighted by molar-refractivity contribution is -0.142. The molecule has 0 bridgehead atoms. The number of hydrogen-bond donors (Lipinski definition) is 4. The van der Waals surface area contributed by atoms with E-state index in [1.165, 1.54) is 0 Å². The summed E-state index contributed by atoms with van der Waals surface area (Å²) in [5, 5.41) is 17.8. The average Bonchev–Trinajstić information content (AvgIpc) is 2.91. The summed E-state index contributed by atoms with van der Waals surface area (Å²) in [4.78, 5) is 38.2. The Balaban J connectivity index is 3.72. The standard InChI is InChI=1S/C25H47N5O10S/c26-30-28-14-16-39-18-20-40-19-17-38-15-13-27-23(31)12-11-22(25(33)34)29-24(32)10-8-6-4-2-1-3-5-7-9-21-41(35,36)37/h22H,1-21H2,(H,27,31)(H,29,32)(H,33,34)(H,35,36,37)/t22-/m0/s1. The van der Waals surface area contributed by atoms with E-state index in [9.17, 15) is 27.9 Å². The average molecular weight is 610 g/mol. The van der Waals surface area contributed by atoms with Crippen LogP contribution in [-0.4, -0.2) is 100 Å². The van der Waals surface area contributed by atoms with E-state index in [1.54, 1.807) is 0 Å². The Morgan fingerprint density at radius 1 is 0.780 bits per heavy atom. The third-order valence-electron chi connectivity index (χ3n) is 5.81. The molecule has 0 spiro atoms. The van der Waals surface area contributed by atoms with Gasteiger partial charge in [0.05, 0.1) is 45.4 Å². The summed E-state index contributed by atoms with van der Waals surface area (Å²) in [5.41, 5.74) is 8.13. The van der Waals surface area contributed by atoms with Gasteiger partial charge in [0, 0.05) is 30.8 Å². The Labute approximate surface area is 242 Å². The zero-order chi connectivity index (χ0) is 30.6. The van der Waals surface area contributed by atoms with Crippen molar-refractivity contribution in [2.24, 2.45) is 5.11 Å². The molecule has 0 aliphatic rings. The summed E-state index contributed by atoms with van der Waals surface area (Å²) >= 11 is 0. The second-order valence-corrected chi connectivity index (χ2v) is 10.9. The van der Waals surface area contributed by atoms with Crippen LogP contribution in [0, 0.1) is 0 Å². The SMILES string of the molecule is [N-]=[N+]=NCCOCCOCCOCCNC(=O)CC[C@H](NC(=O)CCCCCCCCCCCS(=O)(=O)O)C(=O)O. The number of unbranched alkanes of at least 4 members (excludes halogenated alkanes) is 8. The maximum atomic E-state index is 12.1. The lowest BCUT2D eigenvalue weighted by Gasteiger charge is -2.14. The predicted octanol–water partition coefficient (Wildman–Crippen LogP) is 2.60. The molecule has 0 saturated carbocycles. The van der Waals surface area contributed by atoms with Gasteiger partial charge in [-0.25, -0.2) is 4.79 Å². The van der Waals surface area contributed by atoms with Crippen molar-refractivity contribution >= 4 is 27.9 Å². The van der Waals surface area contributed by atoms with E-state index in [0.29, 0.717) is 45.9 Å². The molecule has 0 aromatic carbocycles. The number of nitrogens with one attached hydrogen (secondary N) is 2. The fraction of sp³-hybridized carbons (Fsp3) is 0.880. The van der Waals surface area contributed by atoms with Gasteiger partial charge in [-0.05, 0) is 24.8 Å². The largest absolute Gasteiger partial charge is 0.480 e. The van der Waals surface area contributed by atoms with Crippen molar-refractivity contribution in [1.82, 2.24) is 10.6 Å². The molecule has 0 unspecified atom stereocenters. The monoisotopic (exact) mass is 609 g/mol. The van der Waals surface area contributed by atoms with E-state index in [1.807, 2.05) is 0 Å². The molecule has 0 aromatic heterocycles. The molecule has 1 atom stereocenters. The zero-order valence-electron chi connectivity index (χ0n) is 23.8. The van der Waals surface area contributed by atoms with Crippen LogP contribution in [0.15, 0.2) is 5.11 Å². The van der Waals surface area contributed by atoms with Crippen molar-refractivity contribution < 1.29 is 46.7 Å². The summed E-state index contributed by atoms with van der Waals surface area (Å²) in [5.74, 6) is -2.07. The van der Waals surface area contributed by atoms with Crippen LogP contribution in [0.4, 0.5) is 0 Å². The number of nitrogens with zero attached hydrogens (tertiary/aromatic N) is 3. The Kier molecular flexibility index (Phi) is 24.8. The van der Waals surface area contributed by atoms with Crippen LogP contribution >= 0.6 is 0 Å². The van der Waals surface area contributed by atoms with Crippen LogP contribution in [0.5, 0.6) is 0 Å². The van der Waals surface area contributed by atoms with E-state index in [0.717, 1.165) is 44.9 Å². The number of rotatable bonds is 29. The van der Waals surface area contributed by atoms with Gasteiger partial charge < -0.3 is 30.0 Å². The number of carboxylic acids is 1. The molecule has 2 amide bonds. The van der Waals surface area contributed by atoms with Gasteiger partial charge in [0.15, 0.2) is 0 Å². The first-order valence-corrected chi connectivity index (χ1v) is 15.7. The maximum absolute atomic E-state index is 12.1. The van der Waals surface area contributed by atoms with Gasteiger partial charge in [-0.1, -0.05) is 50.1 Å². The smallest absolute Gasteiger partial charge is 0.326 e. The number of carbonyl (C=O) groups is 3. The Hall–Kier alpha value is -2.49. The van der Waals surface area contributed by atoms with E-state index in [-0.39, 0.29) is 56.5 Å². The lowest BCUT2D eigenvalue weighted by atomic mass is 10.1. The molecule has 15 nitrogen and oxygen atoms in total. The highest BCUT2D eigenvalue weighted by Crippen LogP contribution is 2.11. The highest BCUT2D eigenvalue weighted by molar-refractivity contribution is 7.85. The molecule has 0 aliphatic carbocycles. The number of carboxylic acid groups (broad SMARTS) is 1. The van der Waals surface area contributed by atoms with Gasteiger partial charge in [0.1, 0.15) is 6.04 Å². The first kappa shape index (κ1) is 38.5. The maximum Gasteiger partial charge on any atom is 0.326 e. The molecule has 0 aliphatic heterocycles. The van der Waals surface area contributed by atoms with E-state index in [2.05, 4.69) is 20.7 Å². The molecule has 41 heavy (non-hydrogen) atoms. The van der Waals surface area contributed by atoms with Gasteiger partial charge in [0.2, 0.25) is 11.8 Å². The molecule has 0 saturated heterocycles. The molecule has 0 radical (unpaired) electrons. The minimum absolute atomic E-state index is 0.0171. The number of carbonyl (C=O) groups excluding carboxylic acids is 2. The minimum atomic E-state index is -3.87. The molecular formula is C25H47N5O10S. The number of ether oxygens (including phenoxy) is 3. The van der Waals surface area contributed by atoms with Crippen molar-refractivity contribution in [3.05, 3.63) is 10.4 Å². The molecule has 238 valence electrons. The van der Waals surface area contributed by atoms with Gasteiger partial charge in [-0.2, -0.15) is 8.42 Å². The quantitative estimate of drug-likeness (QED) is 0.0318. The first-order chi connectivity index (χ1) is 19.7. The molecule has 4 N–H and O–H groups in total. The highest BCUT2D eigenvalue weighted by atomic mass is 32.2. The number of amides is 2. The van der Waals surface area contributed by atoms with E-state index in [4.69, 9.17) is 24.3 Å². The Morgan fingerprint density at radius 2 is 1.32 bits per heavy atom. The fourth-order valence-corrected chi connectivity index (χ4v) is 4.22. The van der Waals surface area contributed by atoms with E-state index >= 15 is 0 Å². The molecular weight excluding hydrogens is 562 g/mol. The van der Waals surface area contributed by atoms with Gasteiger partial charge >= 0.3 is 5.97 Å². The van der Waals surface area contributed by atoms with Crippen molar-refractivity contribution in [3.63, 3.8) is 0 Å². The normalized spacial score (nSPS) is 11.9. The van der Waals surface area contributed by atoms with Crippen molar-refractivity contribution in [1.29, 1.82) is 0 Å². The second kappa shape index (κ2) is 26.4. The van der Waals surface area contributed by atoms with Crippen LogP contribution in [-0.2, 0) is 38.7 Å². The summed E-state index contributed by atoms with van der Waals surface area (Å²) < 4.78 is 45.8. The molecule has 0 rings (SSSR count). The van der Waals surface area contributed by atoms with Crippen LogP contribution in [0.1, 0.15) is 77.0 Å². The van der Waals surface area contributed by atoms with Crippen molar-refractivity contribution in [2.45, 2.75) is 83.1 Å². The number of azide groups is 1. The predicted molar refractivity (Wildman–Crippen MR) is 151 cm³/mol. The summed E-state index contributed by atoms with van der Waals surface area (Å²) in [6, 6.07) is -1.13. The number of hydrogen-bond acceptors (Lipinski definition) is 9. The third-order valence-corrected chi connectivity index (χ3v) is 6.62. The molecule has 0 fully saturated rings. The van der Waals surface area contributed by atoms with Crippen LogP contribution in [0.2, 0.25) is 0 Å². The highest BCUT2D eigenvalue weighted by Gasteiger charge is 2.20. The summed E-state index contributed by atoms with van der Waals surface area (Å²) in [6.45, 7) is 2.60. The summed E-state index contributed by atoms with van der Waals surface area (Å²) in [6.07, 6.45) is 7.74. The van der Waals surface area contributed by atoms with Gasteiger partial charge in [-0.15, -0.1) is 0 Å². The first-order valence-electron chi connectivity index (χ1n) is 14.1. The molecule has 0 heterocycles. The second-order valence-electron chi connectivity index (χ2n) is 9.36. The lowest BCUT2D eigenvalue weighted by Crippen LogP contribution is -2.41. The van der Waals surface area contributed by atoms with Crippen LogP contribution < -0.4 is 10.6 Å². The summed E-state index contributed by atoms with van der Waals surface area (Å²) in [7, 11) is -3.87. The van der Waals surface area contributed by atoms with Crippen molar-refractivity contribution in [2.75, 3.05) is 58.5 Å². The molecule has 16 heteroatoms. The van der Waals surface area contributed by atoms with Crippen LogP contribution in [0.25, 0.3) is 10.4 Å². The topological polar surface area (TPSA) is 226 Å². The fourth-order valence-electron chi connectivity index (χ4n) is 3.65. The van der Waals surface area contributed by atoms with Crippen LogP contribution in [0.3, 0.4) is 0 Å². The van der Waals surface area contributed by atoms with E-state index < -0.39 is 22.1 Å². The number of aliphatic carboxylic acids is 1. The van der Waals surface area contributed by atoms with Crippen molar-refractivity contribution in [3.8, 4) is 0 Å². The van der Waals surface area contributed by atoms with Gasteiger partial charge in [-0.3, -0.25) is 14.1 Å². The van der Waals surface area contributed by atoms with Gasteiger partial charge in [0.25, 0.3) is 10.1 Å². The Morgan fingerprint density at radius 3 is 1.88 bits per heavy atom. The minimum Gasteiger partial charge on any atom is -0.480 e. The third kappa shape index (κ3) is 28.8. The Bertz CT molecular complexity index is 869. The zero-order valence-corrected chi connectivity index (χ0v) is 24.7. The molecule has 0 aromatic rings.